The third-order valence-electron chi connectivity index (χ3n) is 4.12. The molecule has 0 saturated carbocycles. The molecule has 0 atom stereocenters. The van der Waals surface area contributed by atoms with Crippen molar-refractivity contribution in [3.63, 3.8) is 0 Å². The van der Waals surface area contributed by atoms with E-state index in [1.165, 1.54) is 6.07 Å². The van der Waals surface area contributed by atoms with E-state index >= 15 is 0 Å². The average molecular weight is 376 g/mol. The molecular formula is C18H18ClN3O4. The fourth-order valence-electron chi connectivity index (χ4n) is 2.75. The summed E-state index contributed by atoms with van der Waals surface area (Å²) in [6.07, 6.45) is 1.57. The van der Waals surface area contributed by atoms with Crippen LogP contribution in [-0.4, -0.2) is 59.7 Å². The van der Waals surface area contributed by atoms with Gasteiger partial charge >= 0.3 is 5.97 Å². The van der Waals surface area contributed by atoms with Gasteiger partial charge in [-0.2, -0.15) is 0 Å². The lowest BCUT2D eigenvalue weighted by Gasteiger charge is -2.35. The van der Waals surface area contributed by atoms with Gasteiger partial charge in [-0.3, -0.25) is 4.79 Å². The molecule has 1 aromatic heterocycles. The molecule has 0 bridgehead atoms. The van der Waals surface area contributed by atoms with Crippen LogP contribution in [-0.2, 0) is 4.79 Å². The second-order valence-corrected chi connectivity index (χ2v) is 6.23. The number of hydrogen-bond donors (Lipinski definition) is 1. The second-order valence-electron chi connectivity index (χ2n) is 5.79. The summed E-state index contributed by atoms with van der Waals surface area (Å²) < 4.78 is 5.48. The number of ether oxygens (including phenoxy) is 1. The molecule has 1 amide bonds. The summed E-state index contributed by atoms with van der Waals surface area (Å²) in [6, 6.07) is 9.95. The lowest BCUT2D eigenvalue weighted by Crippen LogP contribution is -2.50. The Morgan fingerprint density at radius 1 is 1.12 bits per heavy atom. The number of nitrogens with zero attached hydrogens (tertiary/aromatic N) is 3. The Balaban J connectivity index is 1.54. The molecule has 1 aliphatic heterocycles. The molecule has 1 N–H and O–H groups in total. The van der Waals surface area contributed by atoms with E-state index in [9.17, 15) is 14.7 Å². The molecule has 0 unspecified atom stereocenters. The first-order valence-corrected chi connectivity index (χ1v) is 8.52. The Bertz CT molecular complexity index is 789. The maximum absolute atomic E-state index is 12.3. The van der Waals surface area contributed by atoms with Gasteiger partial charge in [-0.15, -0.1) is 0 Å². The minimum absolute atomic E-state index is 0.0500. The van der Waals surface area contributed by atoms with Crippen LogP contribution in [0.4, 0.5) is 5.82 Å². The van der Waals surface area contributed by atoms with E-state index in [4.69, 9.17) is 16.3 Å². The fraction of sp³-hybridized carbons (Fsp3) is 0.278. The Kier molecular flexibility index (Phi) is 5.58. The van der Waals surface area contributed by atoms with Crippen molar-refractivity contribution in [3.8, 4) is 5.75 Å². The molecule has 1 saturated heterocycles. The molecular weight excluding hydrogens is 358 g/mol. The molecule has 2 aromatic rings. The minimum Gasteiger partial charge on any atom is -0.484 e. The van der Waals surface area contributed by atoms with Gasteiger partial charge < -0.3 is 19.6 Å². The lowest BCUT2D eigenvalue weighted by atomic mass is 10.2. The van der Waals surface area contributed by atoms with Gasteiger partial charge in [-0.05, 0) is 36.4 Å². The van der Waals surface area contributed by atoms with E-state index in [2.05, 4.69) is 4.98 Å². The number of benzene rings is 1. The summed E-state index contributed by atoms with van der Waals surface area (Å²) in [5.41, 5.74) is 0.165. The number of amides is 1. The number of halogens is 1. The zero-order valence-electron chi connectivity index (χ0n) is 14.0. The number of hydrogen-bond acceptors (Lipinski definition) is 5. The largest absolute Gasteiger partial charge is 0.484 e. The number of aromatic nitrogens is 1. The van der Waals surface area contributed by atoms with Crippen LogP contribution < -0.4 is 9.64 Å². The third-order valence-corrected chi connectivity index (χ3v) is 4.38. The first-order chi connectivity index (χ1) is 12.5. The molecule has 0 radical (unpaired) electrons. The standard InChI is InChI=1S/C18H18ClN3O4/c19-13-3-5-14(6-4-13)26-12-16(23)21-8-10-22(11-9-21)17-15(18(24)25)2-1-7-20-17/h1-7H,8-12H2,(H,24,25). The van der Waals surface area contributed by atoms with Crippen molar-refractivity contribution in [2.45, 2.75) is 0 Å². The van der Waals surface area contributed by atoms with Gasteiger partial charge in [-0.1, -0.05) is 11.6 Å². The Morgan fingerprint density at radius 3 is 2.46 bits per heavy atom. The van der Waals surface area contributed by atoms with E-state index in [0.717, 1.165) is 0 Å². The van der Waals surface area contributed by atoms with Crippen molar-refractivity contribution in [2.75, 3.05) is 37.7 Å². The summed E-state index contributed by atoms with van der Waals surface area (Å²) in [4.78, 5) is 31.4. The van der Waals surface area contributed by atoms with Crippen LogP contribution in [0.2, 0.25) is 5.02 Å². The SMILES string of the molecule is O=C(O)c1cccnc1N1CCN(C(=O)COc2ccc(Cl)cc2)CC1. The summed E-state index contributed by atoms with van der Waals surface area (Å²) in [5, 5.41) is 9.88. The van der Waals surface area contributed by atoms with Gasteiger partial charge in [0.25, 0.3) is 5.91 Å². The number of carbonyl (C=O) groups is 2. The molecule has 1 aliphatic rings. The molecule has 26 heavy (non-hydrogen) atoms. The van der Waals surface area contributed by atoms with E-state index < -0.39 is 5.97 Å². The molecule has 7 nitrogen and oxygen atoms in total. The maximum Gasteiger partial charge on any atom is 0.339 e. The highest BCUT2D eigenvalue weighted by atomic mass is 35.5. The molecule has 8 heteroatoms. The first kappa shape index (κ1) is 18.0. The molecule has 1 fully saturated rings. The summed E-state index contributed by atoms with van der Waals surface area (Å²) in [7, 11) is 0. The van der Waals surface area contributed by atoms with E-state index in [1.54, 1.807) is 41.4 Å². The number of carboxylic acid groups (broad SMARTS) is 1. The van der Waals surface area contributed by atoms with Gasteiger partial charge in [0, 0.05) is 37.4 Å². The Hall–Kier alpha value is -2.80. The third kappa shape index (κ3) is 4.23. The number of aromatic carboxylic acids is 1. The van der Waals surface area contributed by atoms with Crippen molar-refractivity contribution >= 4 is 29.3 Å². The summed E-state index contributed by atoms with van der Waals surface area (Å²) in [6.45, 7) is 1.95. The zero-order valence-corrected chi connectivity index (χ0v) is 14.7. The number of carbonyl (C=O) groups excluding carboxylic acids is 1. The number of carboxylic acids is 1. The summed E-state index contributed by atoms with van der Waals surface area (Å²) in [5.74, 6) is -0.104. The number of pyridine rings is 1. The molecule has 136 valence electrons. The maximum atomic E-state index is 12.3. The second kappa shape index (κ2) is 8.05. The van der Waals surface area contributed by atoms with Gasteiger partial charge in [0.1, 0.15) is 17.1 Å². The molecule has 0 aliphatic carbocycles. The minimum atomic E-state index is -1.01. The van der Waals surface area contributed by atoms with Crippen LogP contribution in [0.3, 0.4) is 0 Å². The van der Waals surface area contributed by atoms with E-state index in [-0.39, 0.29) is 18.1 Å². The molecule has 3 rings (SSSR count). The summed E-state index contributed by atoms with van der Waals surface area (Å²) >= 11 is 5.81. The van der Waals surface area contributed by atoms with Crippen LogP contribution in [0.25, 0.3) is 0 Å². The van der Waals surface area contributed by atoms with Crippen LogP contribution in [0, 0.1) is 0 Å². The van der Waals surface area contributed by atoms with Gasteiger partial charge in [0.2, 0.25) is 0 Å². The van der Waals surface area contributed by atoms with Crippen molar-refractivity contribution in [1.82, 2.24) is 9.88 Å². The Morgan fingerprint density at radius 2 is 1.81 bits per heavy atom. The highest BCUT2D eigenvalue weighted by Crippen LogP contribution is 2.19. The first-order valence-electron chi connectivity index (χ1n) is 8.14. The van der Waals surface area contributed by atoms with Crippen molar-refractivity contribution in [2.24, 2.45) is 0 Å². The van der Waals surface area contributed by atoms with Crippen LogP contribution >= 0.6 is 11.6 Å². The predicted octanol–water partition coefficient (Wildman–Crippen LogP) is 2.16. The van der Waals surface area contributed by atoms with Gasteiger partial charge in [0.15, 0.2) is 6.61 Å². The van der Waals surface area contributed by atoms with Crippen molar-refractivity contribution in [1.29, 1.82) is 0 Å². The van der Waals surface area contributed by atoms with E-state index in [0.29, 0.717) is 42.8 Å². The fourth-order valence-corrected chi connectivity index (χ4v) is 2.88. The highest BCUT2D eigenvalue weighted by Gasteiger charge is 2.24. The smallest absolute Gasteiger partial charge is 0.339 e. The van der Waals surface area contributed by atoms with Crippen molar-refractivity contribution < 1.29 is 19.4 Å². The predicted molar refractivity (Wildman–Crippen MR) is 96.9 cm³/mol. The number of rotatable bonds is 5. The lowest BCUT2D eigenvalue weighted by molar-refractivity contribution is -0.133. The van der Waals surface area contributed by atoms with Crippen LogP contribution in [0.1, 0.15) is 10.4 Å². The van der Waals surface area contributed by atoms with Crippen molar-refractivity contribution in [3.05, 3.63) is 53.2 Å². The van der Waals surface area contributed by atoms with Crippen LogP contribution in [0.15, 0.2) is 42.6 Å². The van der Waals surface area contributed by atoms with E-state index in [1.807, 2.05) is 4.90 Å². The van der Waals surface area contributed by atoms with Gasteiger partial charge in [-0.25, -0.2) is 9.78 Å². The van der Waals surface area contributed by atoms with Crippen LogP contribution in [0.5, 0.6) is 5.75 Å². The topological polar surface area (TPSA) is 83.0 Å². The zero-order chi connectivity index (χ0) is 18.5. The quantitative estimate of drug-likeness (QED) is 0.862. The highest BCUT2D eigenvalue weighted by molar-refractivity contribution is 6.30. The number of anilines is 1. The molecule has 0 spiro atoms. The average Bonchev–Trinajstić information content (AvgIpc) is 2.67. The molecule has 2 heterocycles. The number of piperazine rings is 1. The Labute approximate surface area is 155 Å². The monoisotopic (exact) mass is 375 g/mol. The normalized spacial score (nSPS) is 14.2. The molecule has 1 aromatic carbocycles. The van der Waals surface area contributed by atoms with Gasteiger partial charge in [0.05, 0.1) is 0 Å².